The molecule has 0 spiro atoms. The molecule has 0 aliphatic heterocycles. The first-order valence-corrected chi connectivity index (χ1v) is 8.83. The fourth-order valence-electron chi connectivity index (χ4n) is 2.83. The van der Waals surface area contributed by atoms with Crippen LogP contribution in [0.2, 0.25) is 0 Å². The number of aryl methyl sites for hydroxylation is 1. The molecule has 1 aliphatic carbocycles. The van der Waals surface area contributed by atoms with Crippen molar-refractivity contribution >= 4 is 17.2 Å². The molecule has 0 radical (unpaired) electrons. The zero-order valence-electron chi connectivity index (χ0n) is 12.6. The van der Waals surface area contributed by atoms with Crippen molar-refractivity contribution in [2.24, 2.45) is 0 Å². The second kappa shape index (κ2) is 7.49. The van der Waals surface area contributed by atoms with Crippen LogP contribution < -0.4 is 5.32 Å². The van der Waals surface area contributed by atoms with Crippen LogP contribution in [0.1, 0.15) is 44.2 Å². The number of rotatable bonds is 5. The maximum absolute atomic E-state index is 12.0. The smallest absolute Gasteiger partial charge is 0.220 e. The van der Waals surface area contributed by atoms with Gasteiger partial charge in [0.25, 0.3) is 0 Å². The lowest BCUT2D eigenvalue weighted by Crippen LogP contribution is -2.36. The molecule has 0 bridgehead atoms. The third-order valence-corrected chi connectivity index (χ3v) is 4.98. The van der Waals surface area contributed by atoms with Crippen molar-refractivity contribution in [2.75, 3.05) is 0 Å². The number of nitrogens with one attached hydrogen (secondary N) is 1. The van der Waals surface area contributed by atoms with E-state index in [4.69, 9.17) is 0 Å². The highest BCUT2D eigenvalue weighted by Crippen LogP contribution is 2.23. The van der Waals surface area contributed by atoms with E-state index in [1.807, 2.05) is 23.7 Å². The van der Waals surface area contributed by atoms with Crippen LogP contribution in [-0.4, -0.2) is 21.9 Å². The van der Waals surface area contributed by atoms with Crippen LogP contribution in [0.5, 0.6) is 0 Å². The van der Waals surface area contributed by atoms with Gasteiger partial charge in [0.05, 0.1) is 5.69 Å². The molecule has 1 N–H and O–H groups in total. The SMILES string of the molecule is O=C(CCc1csc(-c2cccnc2)n1)NC1CCCCC1. The molecule has 2 heterocycles. The number of nitrogens with zero attached hydrogens (tertiary/aromatic N) is 2. The minimum atomic E-state index is 0.155. The molecule has 1 fully saturated rings. The largest absolute Gasteiger partial charge is 0.353 e. The maximum Gasteiger partial charge on any atom is 0.220 e. The Morgan fingerprint density at radius 3 is 2.95 bits per heavy atom. The molecular formula is C17H21N3OS. The average molecular weight is 315 g/mol. The van der Waals surface area contributed by atoms with Gasteiger partial charge in [0.1, 0.15) is 5.01 Å². The average Bonchev–Trinajstić information content (AvgIpc) is 3.04. The predicted octanol–water partition coefficient (Wildman–Crippen LogP) is 3.59. The van der Waals surface area contributed by atoms with Gasteiger partial charge in [0.2, 0.25) is 5.91 Å². The van der Waals surface area contributed by atoms with Crippen LogP contribution in [0.25, 0.3) is 10.6 Å². The third kappa shape index (κ3) is 4.13. The van der Waals surface area contributed by atoms with E-state index in [0.29, 0.717) is 18.9 Å². The lowest BCUT2D eigenvalue weighted by atomic mass is 9.95. The lowest BCUT2D eigenvalue weighted by molar-refractivity contribution is -0.122. The Hall–Kier alpha value is -1.75. The molecule has 0 atom stereocenters. The summed E-state index contributed by atoms with van der Waals surface area (Å²) in [6, 6.07) is 4.31. The molecular weight excluding hydrogens is 294 g/mol. The number of amides is 1. The molecule has 22 heavy (non-hydrogen) atoms. The van der Waals surface area contributed by atoms with Gasteiger partial charge in [-0.15, -0.1) is 11.3 Å². The molecule has 1 amide bonds. The van der Waals surface area contributed by atoms with Gasteiger partial charge in [-0.05, 0) is 31.4 Å². The Balaban J connectivity index is 1.49. The van der Waals surface area contributed by atoms with Gasteiger partial charge >= 0.3 is 0 Å². The van der Waals surface area contributed by atoms with Crippen molar-refractivity contribution in [1.82, 2.24) is 15.3 Å². The van der Waals surface area contributed by atoms with Crippen molar-refractivity contribution in [1.29, 1.82) is 0 Å². The highest BCUT2D eigenvalue weighted by Gasteiger charge is 2.15. The number of hydrogen-bond acceptors (Lipinski definition) is 4. The highest BCUT2D eigenvalue weighted by atomic mass is 32.1. The molecule has 0 unspecified atom stereocenters. The van der Waals surface area contributed by atoms with Crippen LogP contribution in [0.3, 0.4) is 0 Å². The summed E-state index contributed by atoms with van der Waals surface area (Å²) in [7, 11) is 0. The summed E-state index contributed by atoms with van der Waals surface area (Å²) >= 11 is 1.61. The van der Waals surface area contributed by atoms with E-state index in [2.05, 4.69) is 15.3 Å². The fourth-order valence-corrected chi connectivity index (χ4v) is 3.68. The Labute approximate surface area is 135 Å². The molecule has 2 aromatic heterocycles. The van der Waals surface area contributed by atoms with E-state index in [1.54, 1.807) is 17.5 Å². The number of aromatic nitrogens is 2. The molecule has 1 saturated carbocycles. The van der Waals surface area contributed by atoms with Crippen LogP contribution in [0, 0.1) is 0 Å². The van der Waals surface area contributed by atoms with Gasteiger partial charge in [0, 0.05) is 35.8 Å². The predicted molar refractivity (Wildman–Crippen MR) is 88.7 cm³/mol. The number of carbonyl (C=O) groups excluding carboxylic acids is 1. The summed E-state index contributed by atoms with van der Waals surface area (Å²) in [6.45, 7) is 0. The van der Waals surface area contributed by atoms with Crippen LogP contribution in [0.15, 0.2) is 29.9 Å². The number of thiazole rings is 1. The van der Waals surface area contributed by atoms with Crippen molar-refractivity contribution < 1.29 is 4.79 Å². The molecule has 4 nitrogen and oxygen atoms in total. The van der Waals surface area contributed by atoms with Gasteiger partial charge in [-0.1, -0.05) is 19.3 Å². The Morgan fingerprint density at radius 1 is 1.32 bits per heavy atom. The Kier molecular flexibility index (Phi) is 5.16. The van der Waals surface area contributed by atoms with Crippen molar-refractivity contribution in [3.05, 3.63) is 35.6 Å². The second-order valence-electron chi connectivity index (χ2n) is 5.79. The zero-order valence-corrected chi connectivity index (χ0v) is 13.4. The number of carbonyl (C=O) groups is 1. The normalized spacial score (nSPS) is 15.6. The van der Waals surface area contributed by atoms with E-state index in [1.165, 1.54) is 19.3 Å². The standard InChI is InChI=1S/C17H21N3OS/c21-16(19-14-6-2-1-3-7-14)9-8-15-12-22-17(20-15)13-5-4-10-18-11-13/h4-5,10-12,14H,1-3,6-9H2,(H,19,21). The van der Waals surface area contributed by atoms with Crippen LogP contribution in [-0.2, 0) is 11.2 Å². The first kappa shape index (κ1) is 15.2. The number of hydrogen-bond donors (Lipinski definition) is 1. The van der Waals surface area contributed by atoms with Gasteiger partial charge in [-0.25, -0.2) is 4.98 Å². The summed E-state index contributed by atoms with van der Waals surface area (Å²) in [5, 5.41) is 6.16. The molecule has 1 aliphatic rings. The molecule has 0 aromatic carbocycles. The minimum Gasteiger partial charge on any atom is -0.353 e. The molecule has 0 saturated heterocycles. The van der Waals surface area contributed by atoms with Gasteiger partial charge in [-0.3, -0.25) is 9.78 Å². The molecule has 3 rings (SSSR count). The van der Waals surface area contributed by atoms with Crippen LogP contribution >= 0.6 is 11.3 Å². The van der Waals surface area contributed by atoms with E-state index in [0.717, 1.165) is 29.1 Å². The van der Waals surface area contributed by atoms with Crippen molar-refractivity contribution in [3.63, 3.8) is 0 Å². The summed E-state index contributed by atoms with van der Waals surface area (Å²) in [4.78, 5) is 20.7. The van der Waals surface area contributed by atoms with E-state index in [-0.39, 0.29) is 5.91 Å². The van der Waals surface area contributed by atoms with Gasteiger partial charge in [0.15, 0.2) is 0 Å². The summed E-state index contributed by atoms with van der Waals surface area (Å²) in [5.74, 6) is 0.155. The summed E-state index contributed by atoms with van der Waals surface area (Å²) in [5.41, 5.74) is 2.02. The van der Waals surface area contributed by atoms with Gasteiger partial charge < -0.3 is 5.32 Å². The number of pyridine rings is 1. The monoisotopic (exact) mass is 315 g/mol. The maximum atomic E-state index is 12.0. The van der Waals surface area contributed by atoms with E-state index >= 15 is 0 Å². The zero-order chi connectivity index (χ0) is 15.2. The van der Waals surface area contributed by atoms with Gasteiger partial charge in [-0.2, -0.15) is 0 Å². The quantitative estimate of drug-likeness (QED) is 0.917. The third-order valence-electron chi connectivity index (χ3n) is 4.04. The molecule has 116 valence electrons. The first-order valence-electron chi connectivity index (χ1n) is 7.95. The van der Waals surface area contributed by atoms with Crippen molar-refractivity contribution in [3.8, 4) is 10.6 Å². The highest BCUT2D eigenvalue weighted by molar-refractivity contribution is 7.13. The summed E-state index contributed by atoms with van der Waals surface area (Å²) in [6.07, 6.45) is 10.9. The second-order valence-corrected chi connectivity index (χ2v) is 6.65. The Morgan fingerprint density at radius 2 is 2.18 bits per heavy atom. The Bertz CT molecular complexity index is 605. The topological polar surface area (TPSA) is 54.9 Å². The van der Waals surface area contributed by atoms with E-state index in [9.17, 15) is 4.79 Å². The fraction of sp³-hybridized carbons (Fsp3) is 0.471. The molecule has 5 heteroatoms. The van der Waals surface area contributed by atoms with E-state index < -0.39 is 0 Å². The first-order chi connectivity index (χ1) is 10.8. The van der Waals surface area contributed by atoms with Crippen LogP contribution in [0.4, 0.5) is 0 Å². The minimum absolute atomic E-state index is 0.155. The lowest BCUT2D eigenvalue weighted by Gasteiger charge is -2.22. The molecule has 2 aromatic rings. The van der Waals surface area contributed by atoms with Crippen molar-refractivity contribution in [2.45, 2.75) is 51.0 Å². The summed E-state index contributed by atoms with van der Waals surface area (Å²) < 4.78 is 0.